The highest BCUT2D eigenvalue weighted by Gasteiger charge is 2.20. The molecule has 0 aliphatic carbocycles. The van der Waals surface area contributed by atoms with Gasteiger partial charge in [0.1, 0.15) is 17.2 Å². The van der Waals surface area contributed by atoms with Gasteiger partial charge < -0.3 is 24.8 Å². The van der Waals surface area contributed by atoms with E-state index in [1.807, 2.05) is 12.1 Å². The molecular formula is C25H23N3O5. The minimum absolute atomic E-state index is 0.308. The zero-order chi connectivity index (χ0) is 23.8. The molecule has 1 atom stereocenters. The number of carbonyl (C=O) groups is 2. The SMILES string of the molecule is COc1cc(NC(=O)C(C)Oc2ccc(C#N)cc2)c(OC)cc1NC(=O)c1ccccc1. The molecule has 0 saturated carbocycles. The summed E-state index contributed by atoms with van der Waals surface area (Å²) in [4.78, 5) is 25.2. The van der Waals surface area contributed by atoms with E-state index in [1.54, 1.807) is 67.6 Å². The van der Waals surface area contributed by atoms with Crippen molar-refractivity contribution >= 4 is 23.2 Å². The average molecular weight is 445 g/mol. The Morgan fingerprint density at radius 3 is 2.00 bits per heavy atom. The zero-order valence-corrected chi connectivity index (χ0v) is 18.4. The minimum atomic E-state index is -0.828. The van der Waals surface area contributed by atoms with Crippen LogP contribution in [0.25, 0.3) is 0 Å². The number of nitriles is 1. The Labute approximate surface area is 191 Å². The van der Waals surface area contributed by atoms with E-state index in [-0.39, 0.29) is 5.91 Å². The largest absolute Gasteiger partial charge is 0.494 e. The molecule has 2 amide bonds. The van der Waals surface area contributed by atoms with Crippen molar-refractivity contribution in [2.24, 2.45) is 0 Å². The van der Waals surface area contributed by atoms with Crippen LogP contribution in [-0.4, -0.2) is 32.1 Å². The lowest BCUT2D eigenvalue weighted by molar-refractivity contribution is -0.122. The minimum Gasteiger partial charge on any atom is -0.494 e. The molecular weight excluding hydrogens is 422 g/mol. The summed E-state index contributed by atoms with van der Waals surface area (Å²) < 4.78 is 16.5. The zero-order valence-electron chi connectivity index (χ0n) is 18.4. The molecule has 8 heteroatoms. The number of carbonyl (C=O) groups excluding carboxylic acids is 2. The van der Waals surface area contributed by atoms with Crippen LogP contribution in [0.4, 0.5) is 11.4 Å². The van der Waals surface area contributed by atoms with E-state index in [0.29, 0.717) is 39.8 Å². The van der Waals surface area contributed by atoms with E-state index < -0.39 is 12.0 Å². The summed E-state index contributed by atoms with van der Waals surface area (Å²) in [5, 5.41) is 14.4. The van der Waals surface area contributed by atoms with Crippen LogP contribution >= 0.6 is 0 Å². The summed E-state index contributed by atoms with van der Waals surface area (Å²) >= 11 is 0. The fourth-order valence-corrected chi connectivity index (χ4v) is 2.98. The molecule has 168 valence electrons. The number of nitrogens with one attached hydrogen (secondary N) is 2. The third-order valence-corrected chi connectivity index (χ3v) is 4.73. The van der Waals surface area contributed by atoms with Crippen LogP contribution in [0, 0.1) is 11.3 Å². The number of hydrogen-bond acceptors (Lipinski definition) is 6. The molecule has 0 aliphatic heterocycles. The first kappa shape index (κ1) is 23.2. The Balaban J connectivity index is 1.76. The van der Waals surface area contributed by atoms with Crippen LogP contribution in [0.15, 0.2) is 66.7 Å². The van der Waals surface area contributed by atoms with E-state index >= 15 is 0 Å². The number of hydrogen-bond donors (Lipinski definition) is 2. The highest BCUT2D eigenvalue weighted by Crippen LogP contribution is 2.36. The fraction of sp³-hybridized carbons (Fsp3) is 0.160. The predicted octanol–water partition coefficient (Wildman–Crippen LogP) is 4.23. The van der Waals surface area contributed by atoms with Crippen molar-refractivity contribution < 1.29 is 23.8 Å². The predicted molar refractivity (Wildman–Crippen MR) is 124 cm³/mol. The summed E-state index contributed by atoms with van der Waals surface area (Å²) in [6, 6.07) is 20.4. The van der Waals surface area contributed by atoms with E-state index in [4.69, 9.17) is 19.5 Å². The molecule has 0 aromatic heterocycles. The molecule has 0 heterocycles. The van der Waals surface area contributed by atoms with Crippen molar-refractivity contribution in [3.05, 3.63) is 77.9 Å². The second-order valence-electron chi connectivity index (χ2n) is 6.96. The third-order valence-electron chi connectivity index (χ3n) is 4.73. The summed E-state index contributed by atoms with van der Waals surface area (Å²) in [5.41, 5.74) is 1.73. The maximum atomic E-state index is 12.7. The molecule has 0 saturated heterocycles. The van der Waals surface area contributed by atoms with Crippen molar-refractivity contribution in [2.45, 2.75) is 13.0 Å². The van der Waals surface area contributed by atoms with Gasteiger partial charge in [0.2, 0.25) is 0 Å². The number of ether oxygens (including phenoxy) is 3. The monoisotopic (exact) mass is 445 g/mol. The molecule has 1 unspecified atom stereocenters. The van der Waals surface area contributed by atoms with E-state index in [1.165, 1.54) is 14.2 Å². The normalized spacial score (nSPS) is 11.0. The first-order valence-corrected chi connectivity index (χ1v) is 10.0. The van der Waals surface area contributed by atoms with Crippen LogP contribution in [0.3, 0.4) is 0 Å². The quantitative estimate of drug-likeness (QED) is 0.537. The van der Waals surface area contributed by atoms with Crippen LogP contribution in [0.1, 0.15) is 22.8 Å². The first-order valence-electron chi connectivity index (χ1n) is 10.0. The summed E-state index contributed by atoms with van der Waals surface area (Å²) in [7, 11) is 2.92. The van der Waals surface area contributed by atoms with Crippen LogP contribution in [0.5, 0.6) is 17.2 Å². The number of benzene rings is 3. The van der Waals surface area contributed by atoms with E-state index in [2.05, 4.69) is 10.6 Å². The molecule has 0 bridgehead atoms. The third kappa shape index (κ3) is 5.80. The molecule has 33 heavy (non-hydrogen) atoms. The molecule has 3 rings (SSSR count). The fourth-order valence-electron chi connectivity index (χ4n) is 2.98. The van der Waals surface area contributed by atoms with E-state index in [9.17, 15) is 9.59 Å². The lowest BCUT2D eigenvalue weighted by Gasteiger charge is -2.18. The Bertz CT molecular complexity index is 1170. The van der Waals surface area contributed by atoms with Crippen molar-refractivity contribution in [1.29, 1.82) is 5.26 Å². The van der Waals surface area contributed by atoms with Crippen LogP contribution in [0.2, 0.25) is 0 Å². The molecule has 2 N–H and O–H groups in total. The highest BCUT2D eigenvalue weighted by molar-refractivity contribution is 6.05. The van der Waals surface area contributed by atoms with Gasteiger partial charge in [-0.1, -0.05) is 18.2 Å². The number of nitrogens with zero attached hydrogens (tertiary/aromatic N) is 1. The number of amides is 2. The second kappa shape index (κ2) is 10.7. The van der Waals surface area contributed by atoms with Crippen molar-refractivity contribution in [3.63, 3.8) is 0 Å². The summed E-state index contributed by atoms with van der Waals surface area (Å²) in [5.74, 6) is 0.409. The Morgan fingerprint density at radius 1 is 0.879 bits per heavy atom. The van der Waals surface area contributed by atoms with Gasteiger partial charge >= 0.3 is 0 Å². The van der Waals surface area contributed by atoms with Gasteiger partial charge in [-0.15, -0.1) is 0 Å². The van der Waals surface area contributed by atoms with Gasteiger partial charge in [0, 0.05) is 17.7 Å². The Morgan fingerprint density at radius 2 is 1.45 bits per heavy atom. The lowest BCUT2D eigenvalue weighted by atomic mass is 10.2. The Hall–Kier alpha value is -4.51. The molecule has 8 nitrogen and oxygen atoms in total. The van der Waals surface area contributed by atoms with Gasteiger partial charge in [0.05, 0.1) is 37.2 Å². The van der Waals surface area contributed by atoms with E-state index in [0.717, 1.165) is 0 Å². The number of anilines is 2. The lowest BCUT2D eigenvalue weighted by Crippen LogP contribution is -2.30. The first-order chi connectivity index (χ1) is 15.9. The highest BCUT2D eigenvalue weighted by atomic mass is 16.5. The second-order valence-corrected chi connectivity index (χ2v) is 6.96. The molecule has 0 fully saturated rings. The molecule has 0 aliphatic rings. The van der Waals surface area contributed by atoms with Gasteiger partial charge in [0.15, 0.2) is 6.10 Å². The van der Waals surface area contributed by atoms with Crippen molar-refractivity contribution in [3.8, 4) is 23.3 Å². The smallest absolute Gasteiger partial charge is 0.265 e. The maximum absolute atomic E-state index is 12.7. The van der Waals surface area contributed by atoms with Gasteiger partial charge in [-0.25, -0.2) is 0 Å². The molecule has 3 aromatic rings. The van der Waals surface area contributed by atoms with Gasteiger partial charge in [-0.2, -0.15) is 5.26 Å². The van der Waals surface area contributed by atoms with Crippen molar-refractivity contribution in [1.82, 2.24) is 0 Å². The number of rotatable bonds is 8. The van der Waals surface area contributed by atoms with Gasteiger partial charge in [0.25, 0.3) is 11.8 Å². The molecule has 0 spiro atoms. The van der Waals surface area contributed by atoms with Crippen LogP contribution < -0.4 is 24.8 Å². The van der Waals surface area contributed by atoms with Gasteiger partial charge in [-0.05, 0) is 43.3 Å². The van der Waals surface area contributed by atoms with Crippen LogP contribution in [-0.2, 0) is 4.79 Å². The average Bonchev–Trinajstić information content (AvgIpc) is 2.85. The summed E-state index contributed by atoms with van der Waals surface area (Å²) in [6.45, 7) is 1.60. The Kier molecular flexibility index (Phi) is 7.50. The molecule has 3 aromatic carbocycles. The van der Waals surface area contributed by atoms with Gasteiger partial charge in [-0.3, -0.25) is 9.59 Å². The number of methoxy groups -OCH3 is 2. The maximum Gasteiger partial charge on any atom is 0.265 e. The topological polar surface area (TPSA) is 110 Å². The standard InChI is InChI=1S/C25H23N3O5/c1-16(33-19-11-9-17(15-26)10-12-19)24(29)27-20-13-23(32-3)21(14-22(20)31-2)28-25(30)18-7-5-4-6-8-18/h4-14,16H,1-3H3,(H,27,29)(H,28,30). The molecule has 0 radical (unpaired) electrons. The summed E-state index contributed by atoms with van der Waals surface area (Å²) in [6.07, 6.45) is -0.828. The van der Waals surface area contributed by atoms with Crippen molar-refractivity contribution in [2.75, 3.05) is 24.9 Å².